The second-order valence-electron chi connectivity index (χ2n) is 3.09. The monoisotopic (exact) mass is 334 g/mol. The van der Waals surface area contributed by atoms with Crippen LogP contribution >= 0.6 is 31.9 Å². The first-order valence-electron chi connectivity index (χ1n) is 4.61. The molecule has 4 heteroatoms. The van der Waals surface area contributed by atoms with Crippen molar-refractivity contribution in [3.8, 4) is 0 Å². The highest BCUT2D eigenvalue weighted by atomic mass is 79.9. The van der Waals surface area contributed by atoms with Gasteiger partial charge in [-0.05, 0) is 36.6 Å². The number of hydrogen-bond donors (Lipinski definition) is 0. The molecule has 0 unspecified atom stereocenters. The van der Waals surface area contributed by atoms with Crippen molar-refractivity contribution in [1.29, 1.82) is 0 Å². The van der Waals surface area contributed by atoms with Gasteiger partial charge >= 0.3 is 5.97 Å². The number of ether oxygens (including phenoxy) is 1. The van der Waals surface area contributed by atoms with Gasteiger partial charge in [-0.1, -0.05) is 31.9 Å². The van der Waals surface area contributed by atoms with Crippen LogP contribution in [0.1, 0.15) is 22.3 Å². The molecule has 0 N–H and O–H groups in total. The maximum Gasteiger partial charge on any atom is 0.337 e. The van der Waals surface area contributed by atoms with Gasteiger partial charge in [-0.3, -0.25) is 0 Å². The second-order valence-corrected chi connectivity index (χ2v) is 4.74. The molecule has 0 aliphatic rings. The summed E-state index contributed by atoms with van der Waals surface area (Å²) in [5, 5.41) is 0.960. The Labute approximate surface area is 106 Å². The van der Waals surface area contributed by atoms with Crippen molar-refractivity contribution < 1.29 is 9.53 Å². The van der Waals surface area contributed by atoms with Crippen LogP contribution in [0.3, 0.4) is 0 Å². The van der Waals surface area contributed by atoms with Gasteiger partial charge in [0, 0.05) is 9.80 Å². The zero-order valence-electron chi connectivity index (χ0n) is 8.43. The Bertz CT molecular complexity index is 350. The van der Waals surface area contributed by atoms with Gasteiger partial charge < -0.3 is 4.74 Å². The van der Waals surface area contributed by atoms with Crippen molar-refractivity contribution in [3.05, 3.63) is 33.8 Å². The quantitative estimate of drug-likeness (QED) is 0.621. The summed E-state index contributed by atoms with van der Waals surface area (Å²) in [7, 11) is 1.39. The van der Waals surface area contributed by atoms with Crippen molar-refractivity contribution in [2.24, 2.45) is 0 Å². The van der Waals surface area contributed by atoms with Crippen molar-refractivity contribution in [3.63, 3.8) is 0 Å². The molecule has 0 heterocycles. The fraction of sp³-hybridized carbons (Fsp3) is 0.364. The van der Waals surface area contributed by atoms with E-state index in [0.717, 1.165) is 28.2 Å². The molecule has 0 aliphatic carbocycles. The van der Waals surface area contributed by atoms with E-state index < -0.39 is 0 Å². The molecular formula is C11H12Br2O2. The summed E-state index contributed by atoms with van der Waals surface area (Å²) >= 11 is 6.85. The van der Waals surface area contributed by atoms with Crippen LogP contribution in [0.2, 0.25) is 0 Å². The molecule has 0 atom stereocenters. The van der Waals surface area contributed by atoms with E-state index in [4.69, 9.17) is 0 Å². The van der Waals surface area contributed by atoms with Crippen LogP contribution in [0.5, 0.6) is 0 Å². The Hall–Kier alpha value is -0.350. The highest BCUT2D eigenvalue weighted by Gasteiger charge is 2.08. The highest BCUT2D eigenvalue weighted by Crippen LogP contribution is 2.20. The van der Waals surface area contributed by atoms with Gasteiger partial charge in [0.1, 0.15) is 0 Å². The first-order valence-corrected chi connectivity index (χ1v) is 6.53. The van der Waals surface area contributed by atoms with E-state index >= 15 is 0 Å². The first-order chi connectivity index (χ1) is 7.19. The standard InChI is InChI=1S/C11H12Br2O2/c1-15-11(14)9-4-5-10(13)8(7-9)3-2-6-12/h4-5,7H,2-3,6H2,1H3. The van der Waals surface area contributed by atoms with Crippen LogP contribution < -0.4 is 0 Å². The molecule has 0 spiro atoms. The molecule has 2 nitrogen and oxygen atoms in total. The SMILES string of the molecule is COC(=O)c1ccc(Br)c(CCCBr)c1. The van der Waals surface area contributed by atoms with Crippen molar-refractivity contribution >= 4 is 37.8 Å². The summed E-state index contributed by atoms with van der Waals surface area (Å²) in [5.74, 6) is -0.289. The summed E-state index contributed by atoms with van der Waals surface area (Å²) < 4.78 is 5.71. The average Bonchev–Trinajstić information content (AvgIpc) is 2.27. The molecule has 0 saturated heterocycles. The third-order valence-corrected chi connectivity index (χ3v) is 3.38. The first kappa shape index (κ1) is 12.7. The molecule has 0 aliphatic heterocycles. The topological polar surface area (TPSA) is 26.3 Å². The number of esters is 1. The molecule has 0 aromatic heterocycles. The van der Waals surface area contributed by atoms with E-state index in [-0.39, 0.29) is 5.97 Å². The van der Waals surface area contributed by atoms with Gasteiger partial charge in [0.2, 0.25) is 0 Å². The lowest BCUT2D eigenvalue weighted by Crippen LogP contribution is -2.02. The van der Waals surface area contributed by atoms with Crippen LogP contribution in [0.25, 0.3) is 0 Å². The lowest BCUT2D eigenvalue weighted by atomic mass is 10.1. The second kappa shape index (κ2) is 6.28. The number of benzene rings is 1. The van der Waals surface area contributed by atoms with Crippen molar-refractivity contribution in [2.75, 3.05) is 12.4 Å². The van der Waals surface area contributed by atoms with Crippen LogP contribution in [-0.4, -0.2) is 18.4 Å². The molecule has 0 amide bonds. The molecule has 82 valence electrons. The molecular weight excluding hydrogens is 324 g/mol. The molecule has 1 rings (SSSR count). The molecule has 15 heavy (non-hydrogen) atoms. The molecule has 1 aromatic rings. The van der Waals surface area contributed by atoms with Crippen molar-refractivity contribution in [1.82, 2.24) is 0 Å². The minimum Gasteiger partial charge on any atom is -0.465 e. The molecule has 0 saturated carbocycles. The minimum absolute atomic E-state index is 0.289. The van der Waals surface area contributed by atoms with Gasteiger partial charge in [0.25, 0.3) is 0 Å². The van der Waals surface area contributed by atoms with Crippen LogP contribution in [0.4, 0.5) is 0 Å². The number of hydrogen-bond acceptors (Lipinski definition) is 2. The number of alkyl halides is 1. The molecule has 0 bridgehead atoms. The normalized spacial score (nSPS) is 10.1. The highest BCUT2D eigenvalue weighted by molar-refractivity contribution is 9.10. The Morgan fingerprint density at radius 1 is 1.47 bits per heavy atom. The number of carbonyl (C=O) groups is 1. The largest absolute Gasteiger partial charge is 0.465 e. The zero-order valence-corrected chi connectivity index (χ0v) is 11.6. The van der Waals surface area contributed by atoms with E-state index in [1.54, 1.807) is 6.07 Å². The van der Waals surface area contributed by atoms with Crippen LogP contribution in [0.15, 0.2) is 22.7 Å². The summed E-state index contributed by atoms with van der Waals surface area (Å²) in [6, 6.07) is 5.52. The number of aryl methyl sites for hydroxylation is 1. The van der Waals surface area contributed by atoms with E-state index in [1.165, 1.54) is 7.11 Å². The van der Waals surface area contributed by atoms with E-state index in [2.05, 4.69) is 36.6 Å². The van der Waals surface area contributed by atoms with E-state index in [9.17, 15) is 4.79 Å². The maximum absolute atomic E-state index is 11.3. The lowest BCUT2D eigenvalue weighted by Gasteiger charge is -2.05. The third-order valence-electron chi connectivity index (χ3n) is 2.05. The predicted octanol–water partition coefficient (Wildman–Crippen LogP) is 3.56. The average molecular weight is 336 g/mol. The Balaban J connectivity index is 2.89. The zero-order chi connectivity index (χ0) is 11.3. The lowest BCUT2D eigenvalue weighted by molar-refractivity contribution is 0.0600. The Morgan fingerprint density at radius 3 is 2.80 bits per heavy atom. The van der Waals surface area contributed by atoms with Crippen molar-refractivity contribution in [2.45, 2.75) is 12.8 Å². The van der Waals surface area contributed by atoms with Gasteiger partial charge in [-0.2, -0.15) is 0 Å². The molecule has 0 radical (unpaired) electrons. The Morgan fingerprint density at radius 2 is 2.20 bits per heavy atom. The molecule has 0 fully saturated rings. The van der Waals surface area contributed by atoms with Crippen LogP contribution in [-0.2, 0) is 11.2 Å². The number of methoxy groups -OCH3 is 1. The smallest absolute Gasteiger partial charge is 0.337 e. The summed E-state index contributed by atoms with van der Waals surface area (Å²) in [5.41, 5.74) is 1.74. The maximum atomic E-state index is 11.3. The van der Waals surface area contributed by atoms with E-state index in [0.29, 0.717) is 5.56 Å². The number of carbonyl (C=O) groups excluding carboxylic acids is 1. The van der Waals surface area contributed by atoms with Gasteiger partial charge in [0.05, 0.1) is 12.7 Å². The fourth-order valence-electron chi connectivity index (χ4n) is 1.27. The minimum atomic E-state index is -0.289. The van der Waals surface area contributed by atoms with Gasteiger partial charge in [-0.15, -0.1) is 0 Å². The number of halogens is 2. The summed E-state index contributed by atoms with van der Waals surface area (Å²) in [6.07, 6.45) is 1.99. The Kier molecular flexibility index (Phi) is 5.32. The molecule has 1 aromatic carbocycles. The predicted molar refractivity (Wildman–Crippen MR) is 67.6 cm³/mol. The van der Waals surface area contributed by atoms with Gasteiger partial charge in [-0.25, -0.2) is 4.79 Å². The van der Waals surface area contributed by atoms with Crippen LogP contribution in [0, 0.1) is 0 Å². The van der Waals surface area contributed by atoms with E-state index in [1.807, 2.05) is 12.1 Å². The van der Waals surface area contributed by atoms with Gasteiger partial charge in [0.15, 0.2) is 0 Å². The summed E-state index contributed by atoms with van der Waals surface area (Å²) in [4.78, 5) is 11.3. The third kappa shape index (κ3) is 3.61. The summed E-state index contributed by atoms with van der Waals surface area (Å²) in [6.45, 7) is 0. The fourth-order valence-corrected chi connectivity index (χ4v) is 1.99. The number of rotatable bonds is 4.